The molecular formula is C6H7Cl2N3. The molecule has 0 bridgehead atoms. The zero-order chi connectivity index (χ0) is 7.56. The van der Waals surface area contributed by atoms with Crippen LogP contribution in [0.4, 0.5) is 0 Å². The van der Waals surface area contributed by atoms with Crippen molar-refractivity contribution in [2.24, 2.45) is 5.73 Å². The first-order chi connectivity index (χ1) is 4.72. The highest BCUT2D eigenvalue weighted by Gasteiger charge is 2.01. The lowest BCUT2D eigenvalue weighted by molar-refractivity contribution is 1.26. The molecule has 60 valence electrons. The van der Waals surface area contributed by atoms with Gasteiger partial charge in [-0.1, -0.05) is 11.6 Å². The highest BCUT2D eigenvalue weighted by Crippen LogP contribution is 2.10. The summed E-state index contributed by atoms with van der Waals surface area (Å²) in [4.78, 5) is 3.80. The standard InChI is InChI=1S/C6H6ClN3.ClH/c7-4-2-1-3-10-5(4)6(8)9;/h1-3H,(H3,8,9);1H. The van der Waals surface area contributed by atoms with E-state index in [4.69, 9.17) is 22.7 Å². The lowest BCUT2D eigenvalue weighted by atomic mass is 10.3. The summed E-state index contributed by atoms with van der Waals surface area (Å²) in [6.07, 6.45) is 1.54. The second-order valence-electron chi connectivity index (χ2n) is 1.75. The lowest BCUT2D eigenvalue weighted by Crippen LogP contribution is -2.13. The average molecular weight is 192 g/mol. The maximum atomic E-state index is 7.01. The average Bonchev–Trinajstić information content (AvgIpc) is 1.88. The fourth-order valence-electron chi connectivity index (χ4n) is 0.584. The molecule has 1 rings (SSSR count). The molecule has 1 aromatic rings. The summed E-state index contributed by atoms with van der Waals surface area (Å²) >= 11 is 5.64. The summed E-state index contributed by atoms with van der Waals surface area (Å²) in [5, 5.41) is 7.42. The van der Waals surface area contributed by atoms with Gasteiger partial charge in [-0.25, -0.2) is 0 Å². The topological polar surface area (TPSA) is 62.8 Å². The quantitative estimate of drug-likeness (QED) is 0.522. The van der Waals surface area contributed by atoms with Crippen LogP contribution < -0.4 is 5.73 Å². The van der Waals surface area contributed by atoms with Crippen molar-refractivity contribution in [3.05, 3.63) is 29.0 Å². The van der Waals surface area contributed by atoms with Gasteiger partial charge in [0.1, 0.15) is 11.5 Å². The third-order valence-corrected chi connectivity index (χ3v) is 1.32. The Bertz CT molecular complexity index is 262. The smallest absolute Gasteiger partial charge is 0.143 e. The number of hydrogen-bond donors (Lipinski definition) is 2. The Morgan fingerprint density at radius 3 is 2.64 bits per heavy atom. The maximum Gasteiger partial charge on any atom is 0.143 e. The van der Waals surface area contributed by atoms with Crippen LogP contribution >= 0.6 is 24.0 Å². The van der Waals surface area contributed by atoms with Gasteiger partial charge in [0.05, 0.1) is 5.02 Å². The monoisotopic (exact) mass is 191 g/mol. The molecule has 5 heteroatoms. The third kappa shape index (κ3) is 2.37. The minimum Gasteiger partial charge on any atom is -0.382 e. The zero-order valence-electron chi connectivity index (χ0n) is 5.54. The van der Waals surface area contributed by atoms with Crippen molar-refractivity contribution in [3.63, 3.8) is 0 Å². The van der Waals surface area contributed by atoms with Crippen LogP contribution in [0.25, 0.3) is 0 Å². The Morgan fingerprint density at radius 1 is 1.64 bits per heavy atom. The van der Waals surface area contributed by atoms with Crippen LogP contribution in [-0.2, 0) is 0 Å². The van der Waals surface area contributed by atoms with Crippen LogP contribution in [-0.4, -0.2) is 10.8 Å². The highest BCUT2D eigenvalue weighted by atomic mass is 35.5. The second-order valence-corrected chi connectivity index (χ2v) is 2.15. The number of nitrogens with one attached hydrogen (secondary N) is 1. The summed E-state index contributed by atoms with van der Waals surface area (Å²) in [5.41, 5.74) is 5.49. The van der Waals surface area contributed by atoms with Gasteiger partial charge in [-0.15, -0.1) is 12.4 Å². The van der Waals surface area contributed by atoms with E-state index in [-0.39, 0.29) is 18.2 Å². The van der Waals surface area contributed by atoms with Crippen LogP contribution in [0.5, 0.6) is 0 Å². The number of nitrogens with zero attached hydrogens (tertiary/aromatic N) is 1. The Balaban J connectivity index is 0.000001000. The molecule has 3 nitrogen and oxygen atoms in total. The van der Waals surface area contributed by atoms with Crippen molar-refractivity contribution in [2.75, 3.05) is 0 Å². The first-order valence-corrected chi connectivity index (χ1v) is 3.04. The van der Waals surface area contributed by atoms with Crippen LogP contribution in [0.1, 0.15) is 5.69 Å². The Labute approximate surface area is 75.5 Å². The Hall–Kier alpha value is -0.800. The molecule has 1 heterocycles. The summed E-state index contributed by atoms with van der Waals surface area (Å²) in [5.74, 6) is -0.106. The van der Waals surface area contributed by atoms with Crippen molar-refractivity contribution in [3.8, 4) is 0 Å². The Kier molecular flexibility index (Phi) is 3.85. The highest BCUT2D eigenvalue weighted by molar-refractivity contribution is 6.33. The van der Waals surface area contributed by atoms with Gasteiger partial charge in [-0.05, 0) is 12.1 Å². The van der Waals surface area contributed by atoms with E-state index in [1.807, 2.05) is 0 Å². The molecule has 0 spiro atoms. The second kappa shape index (κ2) is 4.16. The third-order valence-electron chi connectivity index (χ3n) is 1.01. The minimum atomic E-state index is -0.106. The predicted molar refractivity (Wildman–Crippen MR) is 47.5 cm³/mol. The van der Waals surface area contributed by atoms with E-state index in [0.29, 0.717) is 10.7 Å². The molecule has 0 aliphatic rings. The predicted octanol–water partition coefficient (Wildman–Crippen LogP) is 1.44. The molecule has 0 radical (unpaired) electrons. The maximum absolute atomic E-state index is 7.01. The van der Waals surface area contributed by atoms with Gasteiger partial charge in [-0.2, -0.15) is 0 Å². The molecule has 11 heavy (non-hydrogen) atoms. The van der Waals surface area contributed by atoms with Crippen LogP contribution in [0, 0.1) is 5.41 Å². The first kappa shape index (κ1) is 10.2. The summed E-state index contributed by atoms with van der Waals surface area (Å²) in [6.45, 7) is 0. The number of rotatable bonds is 1. The van der Waals surface area contributed by atoms with E-state index in [1.165, 1.54) is 0 Å². The van der Waals surface area contributed by atoms with Crippen molar-refractivity contribution < 1.29 is 0 Å². The summed E-state index contributed by atoms with van der Waals surface area (Å²) in [6, 6.07) is 3.33. The number of halogens is 2. The molecule has 0 fully saturated rings. The molecule has 0 aromatic carbocycles. The SMILES string of the molecule is Cl.N=C(N)c1ncccc1Cl. The number of aromatic nitrogens is 1. The molecule has 3 N–H and O–H groups in total. The fraction of sp³-hybridized carbons (Fsp3) is 0. The van der Waals surface area contributed by atoms with Gasteiger partial charge in [0.15, 0.2) is 0 Å². The van der Waals surface area contributed by atoms with Crippen molar-refractivity contribution >= 4 is 29.8 Å². The van der Waals surface area contributed by atoms with Crippen LogP contribution in [0.3, 0.4) is 0 Å². The largest absolute Gasteiger partial charge is 0.382 e. The molecule has 1 aromatic heterocycles. The molecular weight excluding hydrogens is 185 g/mol. The fourth-order valence-corrected chi connectivity index (χ4v) is 0.807. The Morgan fingerprint density at radius 2 is 2.27 bits per heavy atom. The minimum absolute atomic E-state index is 0. The van der Waals surface area contributed by atoms with E-state index in [1.54, 1.807) is 18.3 Å². The normalized spacial score (nSPS) is 8.45. The molecule has 0 aliphatic heterocycles. The van der Waals surface area contributed by atoms with Crippen molar-refractivity contribution in [2.45, 2.75) is 0 Å². The molecule has 0 aliphatic carbocycles. The molecule has 0 unspecified atom stereocenters. The van der Waals surface area contributed by atoms with Gasteiger partial charge in [0.25, 0.3) is 0 Å². The van der Waals surface area contributed by atoms with E-state index in [2.05, 4.69) is 4.98 Å². The van der Waals surface area contributed by atoms with Crippen LogP contribution in [0.15, 0.2) is 18.3 Å². The number of nitrogen functional groups attached to an aromatic ring is 1. The van der Waals surface area contributed by atoms with Gasteiger partial charge < -0.3 is 5.73 Å². The number of amidine groups is 1. The van der Waals surface area contributed by atoms with Gasteiger partial charge in [0.2, 0.25) is 0 Å². The molecule has 0 saturated carbocycles. The molecule has 0 saturated heterocycles. The number of nitrogens with two attached hydrogens (primary N) is 1. The van der Waals surface area contributed by atoms with E-state index >= 15 is 0 Å². The molecule has 0 atom stereocenters. The van der Waals surface area contributed by atoms with E-state index in [9.17, 15) is 0 Å². The number of pyridine rings is 1. The van der Waals surface area contributed by atoms with Crippen molar-refractivity contribution in [1.29, 1.82) is 5.41 Å². The lowest BCUT2D eigenvalue weighted by Gasteiger charge is -1.96. The van der Waals surface area contributed by atoms with E-state index in [0.717, 1.165) is 0 Å². The van der Waals surface area contributed by atoms with Gasteiger partial charge >= 0.3 is 0 Å². The zero-order valence-corrected chi connectivity index (χ0v) is 7.12. The van der Waals surface area contributed by atoms with E-state index < -0.39 is 0 Å². The summed E-state index contributed by atoms with van der Waals surface area (Å²) < 4.78 is 0. The van der Waals surface area contributed by atoms with Gasteiger partial charge in [0, 0.05) is 6.20 Å². The number of hydrogen-bond acceptors (Lipinski definition) is 2. The van der Waals surface area contributed by atoms with Gasteiger partial charge in [-0.3, -0.25) is 10.4 Å². The molecule has 0 amide bonds. The first-order valence-electron chi connectivity index (χ1n) is 2.66. The summed E-state index contributed by atoms with van der Waals surface area (Å²) in [7, 11) is 0. The van der Waals surface area contributed by atoms with Crippen molar-refractivity contribution in [1.82, 2.24) is 4.98 Å². The van der Waals surface area contributed by atoms with Crippen LogP contribution in [0.2, 0.25) is 5.02 Å².